The van der Waals surface area contributed by atoms with Gasteiger partial charge in [0.2, 0.25) is 17.3 Å². The molecule has 5 nitrogen and oxygen atoms in total. The number of Topliss-reactive ketones (excluding diaryl/α,β-unsaturated/α-hetero) is 1. The highest BCUT2D eigenvalue weighted by molar-refractivity contribution is 6.49. The Kier molecular flexibility index (Phi) is 5.37. The molecular weight excluding hydrogens is 308 g/mol. The highest BCUT2D eigenvalue weighted by Crippen LogP contribution is 2.37. The Balaban J connectivity index is 0.000000174. The molecule has 0 aliphatic heterocycles. The molecule has 1 aliphatic carbocycles. The van der Waals surface area contributed by atoms with Crippen molar-refractivity contribution in [2.24, 2.45) is 0 Å². The van der Waals surface area contributed by atoms with Crippen molar-refractivity contribution in [3.05, 3.63) is 59.2 Å². The second kappa shape index (κ2) is 7.46. The number of aryl methyl sites for hydroxylation is 1. The van der Waals surface area contributed by atoms with E-state index >= 15 is 0 Å². The first-order chi connectivity index (χ1) is 11.5. The number of carbonyl (C=O) groups excluding carboxylic acids is 2. The zero-order chi connectivity index (χ0) is 17.7. The summed E-state index contributed by atoms with van der Waals surface area (Å²) in [5, 5.41) is 27.4. The van der Waals surface area contributed by atoms with Gasteiger partial charge >= 0.3 is 0 Å². The van der Waals surface area contributed by atoms with E-state index in [1.165, 1.54) is 12.1 Å². The Morgan fingerprint density at radius 1 is 0.875 bits per heavy atom. The molecule has 1 aliphatic rings. The third-order valence-electron chi connectivity index (χ3n) is 3.58. The highest BCUT2D eigenvalue weighted by Gasteiger charge is 2.19. The number of ketones is 2. The van der Waals surface area contributed by atoms with Crippen LogP contribution in [-0.2, 0) is 11.2 Å². The van der Waals surface area contributed by atoms with Gasteiger partial charge in [-0.3, -0.25) is 9.59 Å². The summed E-state index contributed by atoms with van der Waals surface area (Å²) in [5.74, 6) is -1.77. The number of phenolic OH excluding ortho intramolecular Hbond substituents is 3. The topological polar surface area (TPSA) is 94.8 Å². The van der Waals surface area contributed by atoms with Gasteiger partial charge < -0.3 is 15.3 Å². The Labute approximate surface area is 139 Å². The molecule has 0 spiro atoms. The predicted molar refractivity (Wildman–Crippen MR) is 90.2 cm³/mol. The number of carbonyl (C=O) groups is 2. The second-order valence-electron chi connectivity index (χ2n) is 5.30. The van der Waals surface area contributed by atoms with Crippen molar-refractivity contribution in [3.8, 4) is 17.2 Å². The molecule has 2 aromatic rings. The van der Waals surface area contributed by atoms with Gasteiger partial charge in [0, 0.05) is 5.56 Å². The summed E-state index contributed by atoms with van der Waals surface area (Å²) < 4.78 is 0. The van der Waals surface area contributed by atoms with Crippen LogP contribution < -0.4 is 0 Å². The molecule has 0 radical (unpaired) electrons. The average molecular weight is 326 g/mol. The number of hydrogen-bond acceptors (Lipinski definition) is 5. The Bertz CT molecular complexity index is 805. The molecule has 0 fully saturated rings. The highest BCUT2D eigenvalue weighted by atomic mass is 16.3. The fraction of sp³-hybridized carbons (Fsp3) is 0.158. The van der Waals surface area contributed by atoms with Crippen molar-refractivity contribution in [3.63, 3.8) is 0 Å². The maximum Gasteiger partial charge on any atom is 0.233 e. The fourth-order valence-corrected chi connectivity index (χ4v) is 2.30. The first-order valence-corrected chi connectivity index (χ1v) is 7.54. The molecule has 0 unspecified atom stereocenters. The molecule has 2 aromatic carbocycles. The summed E-state index contributed by atoms with van der Waals surface area (Å²) in [4.78, 5) is 22.1. The lowest BCUT2D eigenvalue weighted by Gasteiger charge is -2.06. The minimum atomic E-state index is -0.436. The van der Waals surface area contributed by atoms with Crippen molar-refractivity contribution in [1.29, 1.82) is 0 Å². The van der Waals surface area contributed by atoms with Crippen molar-refractivity contribution in [1.82, 2.24) is 0 Å². The molecule has 0 heterocycles. The van der Waals surface area contributed by atoms with E-state index in [2.05, 4.69) is 0 Å². The summed E-state index contributed by atoms with van der Waals surface area (Å²) >= 11 is 0. The Morgan fingerprint density at radius 3 is 2.29 bits per heavy atom. The lowest BCUT2D eigenvalue weighted by atomic mass is 9.96. The van der Waals surface area contributed by atoms with Gasteiger partial charge in [-0.1, -0.05) is 49.8 Å². The van der Waals surface area contributed by atoms with Gasteiger partial charge in [0.15, 0.2) is 11.5 Å². The summed E-state index contributed by atoms with van der Waals surface area (Å²) in [7, 11) is 0. The standard InChI is InChI=1S/C10H6O2.C9H12O3/c11-9-6-5-7-3-1-2-4-8(7)10(9)12;1-2-3-6-4-5-7(10)9(12)8(6)11/h1-6H;4-5,10-12H,2-3H2,1H3. The number of fused-ring (bicyclic) bond motifs is 1. The number of allylic oxidation sites excluding steroid dienone is 1. The largest absolute Gasteiger partial charge is 0.504 e. The maximum absolute atomic E-state index is 11.2. The number of rotatable bonds is 2. The minimum absolute atomic E-state index is 0.211. The average Bonchev–Trinajstić information content (AvgIpc) is 2.60. The molecule has 0 saturated carbocycles. The molecular formula is C19H18O5. The summed E-state index contributed by atoms with van der Waals surface area (Å²) in [6.07, 6.45) is 4.56. The van der Waals surface area contributed by atoms with E-state index in [4.69, 9.17) is 10.2 Å². The fourth-order valence-electron chi connectivity index (χ4n) is 2.30. The monoisotopic (exact) mass is 326 g/mol. The summed E-state index contributed by atoms with van der Waals surface area (Å²) in [6.45, 7) is 1.98. The molecule has 3 N–H and O–H groups in total. The smallest absolute Gasteiger partial charge is 0.233 e. The molecule has 0 bridgehead atoms. The van der Waals surface area contributed by atoms with E-state index in [0.29, 0.717) is 17.5 Å². The predicted octanol–water partition coefficient (Wildman–Crippen LogP) is 3.22. The van der Waals surface area contributed by atoms with Gasteiger partial charge in [-0.15, -0.1) is 0 Å². The third-order valence-corrected chi connectivity index (χ3v) is 3.58. The molecule has 0 amide bonds. The quantitative estimate of drug-likeness (QED) is 0.582. The molecule has 0 saturated heterocycles. The molecule has 24 heavy (non-hydrogen) atoms. The normalized spacial score (nSPS) is 12.4. The van der Waals surface area contributed by atoms with Crippen LogP contribution in [0.1, 0.15) is 34.8 Å². The minimum Gasteiger partial charge on any atom is -0.504 e. The molecule has 5 heteroatoms. The maximum atomic E-state index is 11.2. The Morgan fingerprint density at radius 2 is 1.58 bits per heavy atom. The third kappa shape index (κ3) is 3.63. The van der Waals surface area contributed by atoms with Crippen molar-refractivity contribution >= 4 is 17.6 Å². The first-order valence-electron chi connectivity index (χ1n) is 7.54. The van der Waals surface area contributed by atoms with E-state index < -0.39 is 17.3 Å². The van der Waals surface area contributed by atoms with Gasteiger partial charge in [-0.2, -0.15) is 0 Å². The van der Waals surface area contributed by atoms with Crippen LogP contribution in [0.25, 0.3) is 6.08 Å². The van der Waals surface area contributed by atoms with Crippen LogP contribution in [0.4, 0.5) is 0 Å². The van der Waals surface area contributed by atoms with Gasteiger partial charge in [0.05, 0.1) is 0 Å². The van der Waals surface area contributed by atoms with E-state index in [0.717, 1.165) is 12.0 Å². The van der Waals surface area contributed by atoms with Crippen LogP contribution in [0.5, 0.6) is 17.2 Å². The first kappa shape index (κ1) is 17.3. The van der Waals surface area contributed by atoms with Crippen molar-refractivity contribution < 1.29 is 24.9 Å². The summed E-state index contributed by atoms with van der Waals surface area (Å²) in [6, 6.07) is 10.1. The lowest BCUT2D eigenvalue weighted by molar-refractivity contribution is -0.110. The molecule has 0 aromatic heterocycles. The lowest BCUT2D eigenvalue weighted by Crippen LogP contribution is -2.15. The van der Waals surface area contributed by atoms with Crippen molar-refractivity contribution in [2.75, 3.05) is 0 Å². The van der Waals surface area contributed by atoms with E-state index in [9.17, 15) is 14.7 Å². The molecule has 124 valence electrons. The van der Waals surface area contributed by atoms with Crippen LogP contribution in [-0.4, -0.2) is 26.9 Å². The second-order valence-corrected chi connectivity index (χ2v) is 5.30. The van der Waals surface area contributed by atoms with Crippen LogP contribution >= 0.6 is 0 Å². The van der Waals surface area contributed by atoms with E-state index in [1.807, 2.05) is 19.1 Å². The SMILES string of the molecule is CCCc1ccc(O)c(O)c1O.O=C1C=Cc2ccccc2C1=O. The number of benzene rings is 2. The number of hydrogen-bond donors (Lipinski definition) is 3. The Hall–Kier alpha value is -3.08. The van der Waals surface area contributed by atoms with Crippen LogP contribution in [0.3, 0.4) is 0 Å². The number of phenols is 3. The summed E-state index contributed by atoms with van der Waals surface area (Å²) in [5.41, 5.74) is 1.99. The number of aromatic hydroxyl groups is 3. The van der Waals surface area contributed by atoms with Crippen LogP contribution in [0.15, 0.2) is 42.5 Å². The van der Waals surface area contributed by atoms with E-state index in [-0.39, 0.29) is 11.5 Å². The van der Waals surface area contributed by atoms with Crippen molar-refractivity contribution in [2.45, 2.75) is 19.8 Å². The molecule has 0 atom stereocenters. The van der Waals surface area contributed by atoms with Gasteiger partial charge in [-0.05, 0) is 29.7 Å². The zero-order valence-corrected chi connectivity index (χ0v) is 13.2. The van der Waals surface area contributed by atoms with Gasteiger partial charge in [0.25, 0.3) is 0 Å². The zero-order valence-electron chi connectivity index (χ0n) is 13.2. The van der Waals surface area contributed by atoms with Gasteiger partial charge in [-0.25, -0.2) is 0 Å². The van der Waals surface area contributed by atoms with Crippen LogP contribution in [0.2, 0.25) is 0 Å². The van der Waals surface area contributed by atoms with Crippen LogP contribution in [0, 0.1) is 0 Å². The van der Waals surface area contributed by atoms with E-state index in [1.54, 1.807) is 24.3 Å². The molecule has 3 rings (SSSR count). The van der Waals surface area contributed by atoms with Gasteiger partial charge in [0.1, 0.15) is 0 Å².